The van der Waals surface area contributed by atoms with Crippen molar-refractivity contribution >= 4 is 33.2 Å². The second kappa shape index (κ2) is 8.89. The number of anilines is 1. The molecule has 1 aliphatic rings. The first kappa shape index (κ1) is 23.1. The number of carbonyl (C=O) groups is 1. The van der Waals surface area contributed by atoms with Gasteiger partial charge in [-0.2, -0.15) is 17.5 Å². The highest BCUT2D eigenvalue weighted by Gasteiger charge is 2.30. The summed E-state index contributed by atoms with van der Waals surface area (Å²) in [4.78, 5) is 16.0. The first-order valence-electron chi connectivity index (χ1n) is 8.97. The third kappa shape index (κ3) is 5.57. The highest BCUT2D eigenvalue weighted by atomic mass is 35.5. The summed E-state index contributed by atoms with van der Waals surface area (Å²) < 4.78 is 67.9. The van der Waals surface area contributed by atoms with Crippen LogP contribution in [0.3, 0.4) is 0 Å². The molecule has 0 unspecified atom stereocenters. The van der Waals surface area contributed by atoms with E-state index in [2.05, 4.69) is 15.0 Å². The molecule has 1 aromatic heterocycles. The lowest BCUT2D eigenvalue weighted by atomic mass is 10.2. The summed E-state index contributed by atoms with van der Waals surface area (Å²) in [5.74, 6) is -1.70. The van der Waals surface area contributed by atoms with E-state index in [1.165, 1.54) is 10.4 Å². The van der Waals surface area contributed by atoms with Gasteiger partial charge in [0.2, 0.25) is 15.9 Å². The molecule has 8 nitrogen and oxygen atoms in total. The fourth-order valence-electron chi connectivity index (χ4n) is 2.85. The molecule has 0 saturated carbocycles. The van der Waals surface area contributed by atoms with Crippen LogP contribution in [0.4, 0.5) is 18.9 Å². The zero-order valence-electron chi connectivity index (χ0n) is 15.8. The van der Waals surface area contributed by atoms with Crippen molar-refractivity contribution in [2.45, 2.75) is 23.9 Å². The Hall–Kier alpha value is -2.57. The minimum absolute atomic E-state index is 0.102. The highest BCUT2D eigenvalue weighted by Crippen LogP contribution is 2.30. The van der Waals surface area contributed by atoms with Crippen LogP contribution < -0.4 is 10.1 Å². The number of ether oxygens (including phenoxy) is 1. The molecule has 1 saturated heterocycles. The van der Waals surface area contributed by atoms with Gasteiger partial charge in [-0.15, -0.1) is 0 Å². The monoisotopic (exact) mass is 479 g/mol. The van der Waals surface area contributed by atoms with Gasteiger partial charge in [-0.1, -0.05) is 11.6 Å². The highest BCUT2D eigenvalue weighted by molar-refractivity contribution is 7.89. The number of phenols is 1. The van der Waals surface area contributed by atoms with Crippen molar-refractivity contribution in [1.82, 2.24) is 9.29 Å². The van der Waals surface area contributed by atoms with Gasteiger partial charge in [0.25, 0.3) is 5.91 Å². The molecular formula is C18H17ClF3N3O5S. The molecule has 0 aliphatic carbocycles. The van der Waals surface area contributed by atoms with Crippen molar-refractivity contribution in [2.24, 2.45) is 0 Å². The van der Waals surface area contributed by atoms with Crippen molar-refractivity contribution in [1.29, 1.82) is 0 Å². The van der Waals surface area contributed by atoms with Gasteiger partial charge in [-0.3, -0.25) is 4.79 Å². The van der Waals surface area contributed by atoms with E-state index in [0.717, 1.165) is 37.2 Å². The molecular weight excluding hydrogens is 463 g/mol. The van der Waals surface area contributed by atoms with E-state index in [9.17, 15) is 31.5 Å². The molecule has 2 N–H and O–H groups in total. The molecule has 0 atom stereocenters. The summed E-state index contributed by atoms with van der Waals surface area (Å²) in [6.45, 7) is -0.826. The van der Waals surface area contributed by atoms with Gasteiger partial charge in [-0.05, 0) is 37.1 Å². The number of benzene rings is 1. The molecule has 2 heterocycles. The Morgan fingerprint density at radius 2 is 1.94 bits per heavy atom. The zero-order chi connectivity index (χ0) is 22.8. The lowest BCUT2D eigenvalue weighted by Crippen LogP contribution is -2.28. The number of phenolic OH excluding ortho intramolecular Hbond substituents is 1. The number of aromatic nitrogens is 1. The molecule has 0 radical (unpaired) electrons. The lowest BCUT2D eigenvalue weighted by molar-refractivity contribution is -0.154. The number of nitrogens with one attached hydrogen (secondary N) is 1. The van der Waals surface area contributed by atoms with Crippen LogP contribution in [0.1, 0.15) is 23.2 Å². The average Bonchev–Trinajstić information content (AvgIpc) is 3.23. The Kier molecular flexibility index (Phi) is 6.62. The Balaban J connectivity index is 1.78. The van der Waals surface area contributed by atoms with Crippen molar-refractivity contribution in [3.63, 3.8) is 0 Å². The fourth-order valence-corrected chi connectivity index (χ4v) is 4.62. The maximum atomic E-state index is 12.7. The topological polar surface area (TPSA) is 109 Å². The second-order valence-electron chi connectivity index (χ2n) is 6.66. The normalized spacial score (nSPS) is 15.1. The molecule has 1 amide bonds. The van der Waals surface area contributed by atoms with E-state index in [0.29, 0.717) is 13.1 Å². The Morgan fingerprint density at radius 1 is 1.26 bits per heavy atom. The van der Waals surface area contributed by atoms with Crippen LogP contribution in [0.2, 0.25) is 5.02 Å². The number of nitrogens with zero attached hydrogens (tertiary/aromatic N) is 2. The van der Waals surface area contributed by atoms with Gasteiger partial charge < -0.3 is 15.2 Å². The number of amides is 1. The van der Waals surface area contributed by atoms with E-state index in [1.807, 2.05) is 0 Å². The maximum Gasteiger partial charge on any atom is 0.422 e. The van der Waals surface area contributed by atoms with Gasteiger partial charge in [0.15, 0.2) is 6.61 Å². The second-order valence-corrected chi connectivity index (χ2v) is 9.00. The van der Waals surface area contributed by atoms with Crippen LogP contribution in [0, 0.1) is 0 Å². The number of aromatic hydroxyl groups is 1. The molecule has 13 heteroatoms. The van der Waals surface area contributed by atoms with E-state index in [4.69, 9.17) is 11.6 Å². The molecule has 168 valence electrons. The summed E-state index contributed by atoms with van der Waals surface area (Å²) in [5.41, 5.74) is -0.310. The third-order valence-corrected chi connectivity index (χ3v) is 6.53. The SMILES string of the molecule is O=C(Nc1cc(S(=O)(=O)N2CCCC2)ccc1O)c1cnc(OCC(F)(F)F)c(Cl)c1. The van der Waals surface area contributed by atoms with Gasteiger partial charge in [0.05, 0.1) is 16.1 Å². The largest absolute Gasteiger partial charge is 0.506 e. The molecule has 1 aliphatic heterocycles. The number of pyridine rings is 1. The van der Waals surface area contributed by atoms with Gasteiger partial charge in [0.1, 0.15) is 10.8 Å². The molecule has 3 rings (SSSR count). The van der Waals surface area contributed by atoms with E-state index in [-0.39, 0.29) is 26.9 Å². The van der Waals surface area contributed by atoms with Crippen molar-refractivity contribution in [3.8, 4) is 11.6 Å². The quantitative estimate of drug-likeness (QED) is 0.614. The predicted octanol–water partition coefficient (Wildman–Crippen LogP) is 3.42. The molecule has 1 aromatic carbocycles. The fraction of sp³-hybridized carbons (Fsp3) is 0.333. The smallest absolute Gasteiger partial charge is 0.422 e. The first-order valence-corrected chi connectivity index (χ1v) is 10.8. The molecule has 0 bridgehead atoms. The minimum Gasteiger partial charge on any atom is -0.506 e. The number of halogens is 4. The summed E-state index contributed by atoms with van der Waals surface area (Å²) in [6, 6.07) is 4.52. The number of sulfonamides is 1. The Morgan fingerprint density at radius 3 is 2.55 bits per heavy atom. The van der Waals surface area contributed by atoms with Crippen LogP contribution >= 0.6 is 11.6 Å². The van der Waals surface area contributed by atoms with Gasteiger partial charge in [-0.25, -0.2) is 13.4 Å². The third-order valence-electron chi connectivity index (χ3n) is 4.36. The molecule has 31 heavy (non-hydrogen) atoms. The predicted molar refractivity (Wildman–Crippen MR) is 105 cm³/mol. The van der Waals surface area contributed by atoms with Gasteiger partial charge in [0, 0.05) is 19.3 Å². The number of carbonyl (C=O) groups excluding carboxylic acids is 1. The van der Waals surface area contributed by atoms with Crippen LogP contribution in [0.25, 0.3) is 0 Å². The lowest BCUT2D eigenvalue weighted by Gasteiger charge is -2.17. The summed E-state index contributed by atoms with van der Waals surface area (Å²) in [7, 11) is -3.78. The minimum atomic E-state index is -4.58. The number of rotatable bonds is 6. The van der Waals surface area contributed by atoms with Crippen LogP contribution in [-0.2, 0) is 10.0 Å². The summed E-state index contributed by atoms with van der Waals surface area (Å²) in [5, 5.41) is 12.0. The zero-order valence-corrected chi connectivity index (χ0v) is 17.4. The standard InChI is InChI=1S/C18H17ClF3N3O5S/c19-13-7-11(9-23-17(13)30-10-18(20,21)22)16(27)24-14-8-12(3-4-15(14)26)31(28,29)25-5-1-2-6-25/h3-4,7-9,26H,1-2,5-6,10H2,(H,24,27). The van der Waals surface area contributed by atoms with Crippen molar-refractivity contribution in [3.05, 3.63) is 41.0 Å². The van der Waals surface area contributed by atoms with E-state index < -0.39 is 34.6 Å². The van der Waals surface area contributed by atoms with Crippen molar-refractivity contribution < 1.29 is 36.2 Å². The van der Waals surface area contributed by atoms with Crippen LogP contribution in [-0.4, -0.2) is 54.6 Å². The summed E-state index contributed by atoms with van der Waals surface area (Å²) >= 11 is 5.83. The molecule has 0 spiro atoms. The Labute approximate surface area is 180 Å². The Bertz CT molecular complexity index is 1090. The van der Waals surface area contributed by atoms with Crippen LogP contribution in [0.15, 0.2) is 35.4 Å². The number of alkyl halides is 3. The van der Waals surface area contributed by atoms with Crippen LogP contribution in [0.5, 0.6) is 11.6 Å². The van der Waals surface area contributed by atoms with Crippen molar-refractivity contribution in [2.75, 3.05) is 25.0 Å². The first-order chi connectivity index (χ1) is 14.5. The molecule has 1 fully saturated rings. The van der Waals surface area contributed by atoms with E-state index in [1.54, 1.807) is 0 Å². The maximum absolute atomic E-state index is 12.7. The average molecular weight is 480 g/mol. The summed E-state index contributed by atoms with van der Waals surface area (Å²) in [6.07, 6.45) is -2.15. The van der Waals surface area contributed by atoms with Gasteiger partial charge >= 0.3 is 6.18 Å². The van der Waals surface area contributed by atoms with E-state index >= 15 is 0 Å². The number of hydrogen-bond acceptors (Lipinski definition) is 6. The molecule has 2 aromatic rings. The number of hydrogen-bond donors (Lipinski definition) is 2.